The van der Waals surface area contributed by atoms with Gasteiger partial charge in [0, 0.05) is 16.9 Å². The van der Waals surface area contributed by atoms with E-state index in [0.717, 1.165) is 5.56 Å². The molecule has 0 unspecified atom stereocenters. The molecule has 0 atom stereocenters. The number of para-hydroxylation sites is 1. The molecular formula is C26H20N2O6. The van der Waals surface area contributed by atoms with Crippen LogP contribution >= 0.6 is 0 Å². The molecule has 0 bridgehead atoms. The van der Waals surface area contributed by atoms with Crippen LogP contribution < -0.4 is 20.9 Å². The molecule has 0 aliphatic heterocycles. The van der Waals surface area contributed by atoms with Gasteiger partial charge in [0.25, 0.3) is 0 Å². The Morgan fingerprint density at radius 3 is 1.76 bits per heavy atom. The minimum Gasteiger partial charge on any atom is -0.478 e. The minimum absolute atomic E-state index is 0.0937. The summed E-state index contributed by atoms with van der Waals surface area (Å²) >= 11 is 0. The Labute approximate surface area is 194 Å². The van der Waals surface area contributed by atoms with Crippen LogP contribution in [0.2, 0.25) is 0 Å². The first-order valence-electron chi connectivity index (χ1n) is 10.1. The topological polar surface area (TPSA) is 145 Å². The van der Waals surface area contributed by atoms with E-state index in [1.165, 1.54) is 24.3 Å². The van der Waals surface area contributed by atoms with E-state index in [0.29, 0.717) is 11.3 Å². The number of rotatable bonds is 7. The number of carboxylic acid groups (broad SMARTS) is 2. The smallest absolute Gasteiger partial charge is 0.337 e. The molecular weight excluding hydrogens is 436 g/mol. The zero-order valence-electron chi connectivity index (χ0n) is 17.8. The first kappa shape index (κ1) is 22.2. The average molecular weight is 456 g/mol. The molecule has 170 valence electrons. The molecule has 34 heavy (non-hydrogen) atoms. The second-order valence-electron chi connectivity index (χ2n) is 7.31. The predicted octanol–water partition coefficient (Wildman–Crippen LogP) is 5.50. The van der Waals surface area contributed by atoms with Gasteiger partial charge in [-0.25, -0.2) is 9.59 Å². The van der Waals surface area contributed by atoms with E-state index in [-0.39, 0.29) is 39.8 Å². The van der Waals surface area contributed by atoms with Crippen molar-refractivity contribution in [3.8, 4) is 34.1 Å². The second kappa shape index (κ2) is 9.25. The highest BCUT2D eigenvalue weighted by Crippen LogP contribution is 2.43. The standard InChI is InChI=1S/C26H20N2O6/c27-21-11-9-16(13-19(21)25(29)30)33-23-8-4-7-18(15-5-2-1-3-6-15)24(23)34-17-10-12-22(28)20(14-17)26(31)32/h1-14H,27-28H2,(H,29,30)(H,31,32). The maximum absolute atomic E-state index is 11.5. The van der Waals surface area contributed by atoms with Crippen molar-refractivity contribution >= 4 is 23.3 Å². The lowest BCUT2D eigenvalue weighted by Gasteiger charge is -2.17. The van der Waals surface area contributed by atoms with Crippen molar-refractivity contribution in [1.82, 2.24) is 0 Å². The van der Waals surface area contributed by atoms with Gasteiger partial charge in [0.2, 0.25) is 0 Å². The first-order valence-corrected chi connectivity index (χ1v) is 10.1. The Balaban J connectivity index is 1.82. The van der Waals surface area contributed by atoms with Crippen LogP contribution in [-0.2, 0) is 0 Å². The number of carbonyl (C=O) groups is 2. The lowest BCUT2D eigenvalue weighted by Crippen LogP contribution is -2.03. The molecule has 8 nitrogen and oxygen atoms in total. The quantitative estimate of drug-likeness (QED) is 0.267. The van der Waals surface area contributed by atoms with Crippen LogP contribution in [0.25, 0.3) is 11.1 Å². The largest absolute Gasteiger partial charge is 0.478 e. The molecule has 0 aromatic heterocycles. The molecule has 0 fully saturated rings. The maximum Gasteiger partial charge on any atom is 0.337 e. The monoisotopic (exact) mass is 456 g/mol. The van der Waals surface area contributed by atoms with Crippen LogP contribution in [0.4, 0.5) is 11.4 Å². The van der Waals surface area contributed by atoms with Crippen molar-refractivity contribution in [2.45, 2.75) is 0 Å². The summed E-state index contributed by atoms with van der Waals surface area (Å²) in [4.78, 5) is 23.0. The van der Waals surface area contributed by atoms with Crippen LogP contribution in [0.5, 0.6) is 23.0 Å². The Morgan fingerprint density at radius 2 is 1.21 bits per heavy atom. The minimum atomic E-state index is -1.18. The van der Waals surface area contributed by atoms with Crippen molar-refractivity contribution in [1.29, 1.82) is 0 Å². The molecule has 0 aliphatic carbocycles. The van der Waals surface area contributed by atoms with E-state index >= 15 is 0 Å². The Hall–Kier alpha value is -4.98. The molecule has 6 N–H and O–H groups in total. The van der Waals surface area contributed by atoms with Crippen LogP contribution in [0, 0.1) is 0 Å². The Morgan fingerprint density at radius 1 is 0.647 bits per heavy atom. The zero-order chi connectivity index (χ0) is 24.2. The summed E-state index contributed by atoms with van der Waals surface area (Å²) in [5.41, 5.74) is 13.1. The summed E-state index contributed by atoms with van der Waals surface area (Å²) in [5.74, 6) is -1.28. The lowest BCUT2D eigenvalue weighted by atomic mass is 10.0. The highest BCUT2D eigenvalue weighted by atomic mass is 16.5. The maximum atomic E-state index is 11.5. The van der Waals surface area contributed by atoms with E-state index in [2.05, 4.69) is 0 Å². The number of anilines is 2. The van der Waals surface area contributed by atoms with Crippen molar-refractivity contribution in [2.24, 2.45) is 0 Å². The van der Waals surface area contributed by atoms with E-state index in [1.807, 2.05) is 36.4 Å². The van der Waals surface area contributed by atoms with Crippen LogP contribution in [-0.4, -0.2) is 22.2 Å². The van der Waals surface area contributed by atoms with Gasteiger partial charge in [-0.3, -0.25) is 0 Å². The van der Waals surface area contributed by atoms with Crippen LogP contribution in [0.1, 0.15) is 20.7 Å². The van der Waals surface area contributed by atoms with Gasteiger partial charge < -0.3 is 31.2 Å². The number of nitrogens with two attached hydrogens (primary N) is 2. The van der Waals surface area contributed by atoms with Crippen molar-refractivity contribution in [3.05, 3.63) is 96.1 Å². The van der Waals surface area contributed by atoms with Crippen LogP contribution in [0.15, 0.2) is 84.9 Å². The SMILES string of the molecule is Nc1ccc(Oc2cccc(-c3ccccc3)c2Oc2ccc(N)c(C(=O)O)c2)cc1C(=O)O. The van der Waals surface area contributed by atoms with E-state index in [1.54, 1.807) is 24.3 Å². The molecule has 0 spiro atoms. The summed E-state index contributed by atoms with van der Waals surface area (Å²) < 4.78 is 12.1. The summed E-state index contributed by atoms with van der Waals surface area (Å²) in [6.07, 6.45) is 0. The van der Waals surface area contributed by atoms with Gasteiger partial charge in [0.05, 0.1) is 11.1 Å². The molecule has 0 heterocycles. The summed E-state index contributed by atoms with van der Waals surface area (Å²) in [6.45, 7) is 0. The normalized spacial score (nSPS) is 10.5. The number of benzene rings is 4. The average Bonchev–Trinajstić information content (AvgIpc) is 2.82. The number of carboxylic acids is 2. The van der Waals surface area contributed by atoms with E-state index in [4.69, 9.17) is 20.9 Å². The fraction of sp³-hybridized carbons (Fsp3) is 0. The summed E-state index contributed by atoms with van der Waals surface area (Å²) in [5, 5.41) is 18.8. The van der Waals surface area contributed by atoms with Gasteiger partial charge in [0.15, 0.2) is 11.5 Å². The predicted molar refractivity (Wildman–Crippen MR) is 128 cm³/mol. The van der Waals surface area contributed by atoms with Crippen molar-refractivity contribution in [2.75, 3.05) is 11.5 Å². The molecule has 0 amide bonds. The third-order valence-corrected chi connectivity index (χ3v) is 5.02. The third kappa shape index (κ3) is 4.61. The number of hydrogen-bond donors (Lipinski definition) is 4. The molecule has 4 rings (SSSR count). The van der Waals surface area contributed by atoms with Crippen molar-refractivity contribution < 1.29 is 29.3 Å². The highest BCUT2D eigenvalue weighted by molar-refractivity contribution is 5.94. The second-order valence-corrected chi connectivity index (χ2v) is 7.31. The Bertz CT molecular complexity index is 1390. The molecule has 0 saturated carbocycles. The molecule has 4 aromatic rings. The van der Waals surface area contributed by atoms with Gasteiger partial charge in [0.1, 0.15) is 11.5 Å². The Kier molecular flexibility index (Phi) is 6.05. The third-order valence-electron chi connectivity index (χ3n) is 5.02. The number of hydrogen-bond acceptors (Lipinski definition) is 6. The number of ether oxygens (including phenoxy) is 2. The van der Waals surface area contributed by atoms with Gasteiger partial charge in [-0.2, -0.15) is 0 Å². The molecule has 0 aliphatic rings. The number of aromatic carboxylic acids is 2. The highest BCUT2D eigenvalue weighted by Gasteiger charge is 2.18. The van der Waals surface area contributed by atoms with Crippen LogP contribution in [0.3, 0.4) is 0 Å². The molecule has 4 aromatic carbocycles. The summed E-state index contributed by atoms with van der Waals surface area (Å²) in [7, 11) is 0. The number of nitrogen functional groups attached to an aromatic ring is 2. The van der Waals surface area contributed by atoms with E-state index in [9.17, 15) is 19.8 Å². The first-order chi connectivity index (χ1) is 16.3. The fourth-order valence-electron chi connectivity index (χ4n) is 3.36. The van der Waals surface area contributed by atoms with Gasteiger partial charge in [-0.15, -0.1) is 0 Å². The molecule has 0 radical (unpaired) electrons. The van der Waals surface area contributed by atoms with Gasteiger partial charge >= 0.3 is 11.9 Å². The zero-order valence-corrected chi connectivity index (χ0v) is 17.8. The molecule has 8 heteroatoms. The van der Waals surface area contributed by atoms with Gasteiger partial charge in [-0.05, 0) is 48.0 Å². The van der Waals surface area contributed by atoms with Crippen molar-refractivity contribution in [3.63, 3.8) is 0 Å². The van der Waals surface area contributed by atoms with Gasteiger partial charge in [-0.1, -0.05) is 42.5 Å². The van der Waals surface area contributed by atoms with E-state index < -0.39 is 11.9 Å². The fourth-order valence-corrected chi connectivity index (χ4v) is 3.36. The summed E-state index contributed by atoms with van der Waals surface area (Å²) in [6, 6.07) is 23.3. The lowest BCUT2D eigenvalue weighted by molar-refractivity contribution is 0.0687. The molecule has 0 saturated heterocycles.